The summed E-state index contributed by atoms with van der Waals surface area (Å²) in [6, 6.07) is 4.31. The van der Waals surface area contributed by atoms with Gasteiger partial charge in [0, 0.05) is 25.2 Å². The summed E-state index contributed by atoms with van der Waals surface area (Å²) in [4.78, 5) is 1.88. The van der Waals surface area contributed by atoms with Gasteiger partial charge in [0.05, 0.1) is 5.69 Å². The largest absolute Gasteiger partial charge is 0.366 e. The highest BCUT2D eigenvalue weighted by Gasteiger charge is 2.27. The fourth-order valence-corrected chi connectivity index (χ4v) is 2.08. The van der Waals surface area contributed by atoms with Crippen LogP contribution in [0.1, 0.15) is 13.8 Å². The molecule has 1 heterocycles. The molecule has 0 bridgehead atoms. The second kappa shape index (κ2) is 4.01. The van der Waals surface area contributed by atoms with Crippen LogP contribution < -0.4 is 10.2 Å². The van der Waals surface area contributed by atoms with Crippen LogP contribution in [-0.4, -0.2) is 25.2 Å². The number of piperazine rings is 1. The molecule has 1 saturated heterocycles. The van der Waals surface area contributed by atoms with E-state index in [0.717, 1.165) is 12.6 Å². The zero-order valence-electron chi connectivity index (χ0n) is 9.56. The first-order valence-corrected chi connectivity index (χ1v) is 5.44. The number of nitrogens with zero attached hydrogens (tertiary/aromatic N) is 1. The Labute approximate surface area is 94.3 Å². The summed E-state index contributed by atoms with van der Waals surface area (Å²) in [6.07, 6.45) is 0. The molecule has 1 aliphatic rings. The summed E-state index contributed by atoms with van der Waals surface area (Å²) < 4.78 is 26.7. The van der Waals surface area contributed by atoms with Crippen molar-refractivity contribution in [2.24, 2.45) is 0 Å². The van der Waals surface area contributed by atoms with Crippen molar-refractivity contribution in [1.82, 2.24) is 5.32 Å². The van der Waals surface area contributed by atoms with Crippen LogP contribution in [-0.2, 0) is 0 Å². The van der Waals surface area contributed by atoms with Crippen LogP contribution in [0.3, 0.4) is 0 Å². The van der Waals surface area contributed by atoms with Crippen molar-refractivity contribution < 1.29 is 8.78 Å². The third kappa shape index (κ3) is 2.16. The molecule has 0 amide bonds. The number of benzene rings is 1. The smallest absolute Gasteiger partial charge is 0.182 e. The van der Waals surface area contributed by atoms with Crippen LogP contribution >= 0.6 is 0 Å². The van der Waals surface area contributed by atoms with Gasteiger partial charge < -0.3 is 10.2 Å². The van der Waals surface area contributed by atoms with E-state index in [9.17, 15) is 8.78 Å². The molecule has 0 unspecified atom stereocenters. The van der Waals surface area contributed by atoms with Crippen molar-refractivity contribution in [3.05, 3.63) is 29.8 Å². The lowest BCUT2D eigenvalue weighted by Gasteiger charge is -2.40. The second-order valence-corrected chi connectivity index (χ2v) is 4.81. The summed E-state index contributed by atoms with van der Waals surface area (Å²) in [6.45, 7) is 6.26. The molecule has 1 aromatic carbocycles. The van der Waals surface area contributed by atoms with Gasteiger partial charge >= 0.3 is 0 Å². The van der Waals surface area contributed by atoms with Crippen molar-refractivity contribution in [3.8, 4) is 0 Å². The first kappa shape index (κ1) is 11.3. The van der Waals surface area contributed by atoms with Crippen LogP contribution in [0.2, 0.25) is 0 Å². The topological polar surface area (TPSA) is 15.3 Å². The SMILES string of the molecule is CC1(C)CN(c2cccc(F)c2F)CCN1. The molecule has 0 aromatic heterocycles. The Balaban J connectivity index is 2.27. The van der Waals surface area contributed by atoms with E-state index in [0.29, 0.717) is 18.8 Å². The molecule has 0 spiro atoms. The zero-order valence-corrected chi connectivity index (χ0v) is 9.56. The zero-order chi connectivity index (χ0) is 11.8. The van der Waals surface area contributed by atoms with Gasteiger partial charge in [0.25, 0.3) is 0 Å². The highest BCUT2D eigenvalue weighted by Crippen LogP contribution is 2.24. The number of rotatable bonds is 1. The molecule has 1 aromatic rings. The van der Waals surface area contributed by atoms with Gasteiger partial charge in [-0.15, -0.1) is 0 Å². The highest BCUT2D eigenvalue weighted by molar-refractivity contribution is 5.49. The summed E-state index contributed by atoms with van der Waals surface area (Å²) >= 11 is 0. The molecule has 2 rings (SSSR count). The van der Waals surface area contributed by atoms with E-state index in [4.69, 9.17) is 0 Å². The van der Waals surface area contributed by atoms with Crippen LogP contribution in [0.4, 0.5) is 14.5 Å². The Morgan fingerprint density at radius 3 is 2.75 bits per heavy atom. The average Bonchev–Trinajstić information content (AvgIpc) is 2.20. The van der Waals surface area contributed by atoms with Gasteiger partial charge in [0.2, 0.25) is 0 Å². The normalized spacial score (nSPS) is 19.9. The van der Waals surface area contributed by atoms with Crippen molar-refractivity contribution >= 4 is 5.69 Å². The molecule has 1 N–H and O–H groups in total. The maximum absolute atomic E-state index is 13.6. The summed E-state index contributed by atoms with van der Waals surface area (Å²) in [5.41, 5.74) is 0.284. The Bertz CT molecular complexity index is 391. The van der Waals surface area contributed by atoms with E-state index in [-0.39, 0.29) is 5.54 Å². The second-order valence-electron chi connectivity index (χ2n) is 4.81. The third-order valence-corrected chi connectivity index (χ3v) is 2.84. The van der Waals surface area contributed by atoms with Gasteiger partial charge in [-0.05, 0) is 26.0 Å². The van der Waals surface area contributed by atoms with Gasteiger partial charge in [-0.25, -0.2) is 8.78 Å². The maximum Gasteiger partial charge on any atom is 0.182 e. The van der Waals surface area contributed by atoms with Crippen LogP contribution in [0, 0.1) is 11.6 Å². The molecule has 4 heteroatoms. The van der Waals surface area contributed by atoms with Crippen LogP contribution in [0.15, 0.2) is 18.2 Å². The molecular formula is C12H16F2N2. The predicted octanol–water partition coefficient (Wildman–Crippen LogP) is 2.15. The van der Waals surface area contributed by atoms with Crippen LogP contribution in [0.5, 0.6) is 0 Å². The molecule has 2 nitrogen and oxygen atoms in total. The summed E-state index contributed by atoms with van der Waals surface area (Å²) in [5, 5.41) is 3.33. The standard InChI is InChI=1S/C12H16F2N2/c1-12(2)8-16(7-6-15-12)10-5-3-4-9(13)11(10)14/h3-5,15H,6-8H2,1-2H3. The van der Waals surface area contributed by atoms with E-state index in [1.165, 1.54) is 0 Å². The van der Waals surface area contributed by atoms with E-state index >= 15 is 0 Å². The number of hydrogen-bond acceptors (Lipinski definition) is 2. The Hall–Kier alpha value is -1.16. The Morgan fingerprint density at radius 2 is 2.06 bits per heavy atom. The Kier molecular flexibility index (Phi) is 2.84. The first-order valence-electron chi connectivity index (χ1n) is 5.44. The van der Waals surface area contributed by atoms with E-state index in [2.05, 4.69) is 19.2 Å². The third-order valence-electron chi connectivity index (χ3n) is 2.84. The fraction of sp³-hybridized carbons (Fsp3) is 0.500. The minimum Gasteiger partial charge on any atom is -0.366 e. The van der Waals surface area contributed by atoms with Crippen LogP contribution in [0.25, 0.3) is 0 Å². The van der Waals surface area contributed by atoms with Gasteiger partial charge in [-0.1, -0.05) is 6.07 Å². The molecule has 0 atom stereocenters. The predicted molar refractivity (Wildman–Crippen MR) is 60.7 cm³/mol. The van der Waals surface area contributed by atoms with E-state index in [1.54, 1.807) is 12.1 Å². The lowest BCUT2D eigenvalue weighted by atomic mass is 10.0. The number of hydrogen-bond donors (Lipinski definition) is 1. The fourth-order valence-electron chi connectivity index (χ4n) is 2.08. The monoisotopic (exact) mass is 226 g/mol. The maximum atomic E-state index is 13.6. The molecule has 16 heavy (non-hydrogen) atoms. The highest BCUT2D eigenvalue weighted by atomic mass is 19.2. The average molecular weight is 226 g/mol. The van der Waals surface area contributed by atoms with Crippen molar-refractivity contribution in [1.29, 1.82) is 0 Å². The summed E-state index contributed by atoms with van der Waals surface area (Å²) in [5.74, 6) is -1.53. The van der Waals surface area contributed by atoms with Gasteiger partial charge in [-0.3, -0.25) is 0 Å². The van der Waals surface area contributed by atoms with Gasteiger partial charge in [0.1, 0.15) is 0 Å². The van der Waals surface area contributed by atoms with Crippen molar-refractivity contribution in [2.45, 2.75) is 19.4 Å². The number of nitrogens with one attached hydrogen (secondary N) is 1. The molecule has 1 aliphatic heterocycles. The molecule has 1 fully saturated rings. The van der Waals surface area contributed by atoms with Crippen molar-refractivity contribution in [3.63, 3.8) is 0 Å². The van der Waals surface area contributed by atoms with E-state index < -0.39 is 11.6 Å². The van der Waals surface area contributed by atoms with E-state index in [1.807, 2.05) is 4.90 Å². The summed E-state index contributed by atoms with van der Waals surface area (Å²) in [7, 11) is 0. The number of halogens is 2. The lowest BCUT2D eigenvalue weighted by Crippen LogP contribution is -2.57. The van der Waals surface area contributed by atoms with Gasteiger partial charge in [0.15, 0.2) is 11.6 Å². The minimum absolute atomic E-state index is 0.0724. The molecular weight excluding hydrogens is 210 g/mol. The molecule has 0 aliphatic carbocycles. The molecule has 88 valence electrons. The first-order chi connectivity index (χ1) is 7.49. The molecule has 0 saturated carbocycles. The quantitative estimate of drug-likeness (QED) is 0.789. The van der Waals surface area contributed by atoms with Crippen molar-refractivity contribution in [2.75, 3.05) is 24.5 Å². The van der Waals surface area contributed by atoms with Gasteiger partial charge in [-0.2, -0.15) is 0 Å². The molecule has 0 radical (unpaired) electrons. The minimum atomic E-state index is -0.783. The lowest BCUT2D eigenvalue weighted by molar-refractivity contribution is 0.350. The Morgan fingerprint density at radius 1 is 1.31 bits per heavy atom. The number of anilines is 1.